The van der Waals surface area contributed by atoms with Crippen LogP contribution >= 0.6 is 0 Å². The number of hydrogen-bond donors (Lipinski definition) is 2. The van der Waals surface area contributed by atoms with Crippen molar-refractivity contribution in [3.63, 3.8) is 0 Å². The normalized spacial score (nSPS) is 32.7. The fraction of sp³-hybridized carbons (Fsp3) is 0.562. The van der Waals surface area contributed by atoms with Gasteiger partial charge in [0.1, 0.15) is 11.6 Å². The molecule has 6 aliphatic rings. The zero-order valence-corrected chi connectivity index (χ0v) is 22.8. The highest BCUT2D eigenvalue weighted by Crippen LogP contribution is 2.74. The van der Waals surface area contributed by atoms with E-state index in [4.69, 9.17) is 0 Å². The number of aliphatic hydroxyl groups excluding tert-OH is 1. The molecule has 2 aliphatic heterocycles. The van der Waals surface area contributed by atoms with E-state index in [-0.39, 0.29) is 41.4 Å². The number of halogens is 3. The summed E-state index contributed by atoms with van der Waals surface area (Å²) in [5.74, 6) is -1.01. The first kappa shape index (κ1) is 25.6. The molecule has 2 bridgehead atoms. The molecule has 0 radical (unpaired) electrons. The molecule has 4 aliphatic carbocycles. The monoisotopic (exact) mass is 537 g/mol. The molecule has 208 valence electrons. The van der Waals surface area contributed by atoms with E-state index in [9.17, 15) is 9.50 Å². The molecule has 4 fully saturated rings. The van der Waals surface area contributed by atoms with Gasteiger partial charge in [0.05, 0.1) is 24.9 Å². The summed E-state index contributed by atoms with van der Waals surface area (Å²) >= 11 is 0. The van der Waals surface area contributed by atoms with E-state index in [0.29, 0.717) is 25.1 Å². The Kier molecular flexibility index (Phi) is 5.96. The molecule has 2 N–H and O–H groups in total. The Bertz CT molecular complexity index is 1290. The van der Waals surface area contributed by atoms with Gasteiger partial charge in [-0.2, -0.15) is 0 Å². The van der Waals surface area contributed by atoms with Crippen molar-refractivity contribution in [1.29, 1.82) is 0 Å². The Morgan fingerprint density at radius 1 is 1.10 bits per heavy atom. The number of likely N-dealkylation sites (tertiary alicyclic amines) is 1. The van der Waals surface area contributed by atoms with Crippen molar-refractivity contribution in [2.75, 3.05) is 31.6 Å². The first-order chi connectivity index (χ1) is 18.7. The van der Waals surface area contributed by atoms with Crippen molar-refractivity contribution in [1.82, 2.24) is 9.80 Å². The van der Waals surface area contributed by atoms with Crippen LogP contribution in [0.15, 0.2) is 42.0 Å². The van der Waals surface area contributed by atoms with Gasteiger partial charge in [0.25, 0.3) is 0 Å². The SMILES string of the molecule is C[C@@H]1CC2=C(Cc3ccccc32)[C@@H](c2c(F)cc(NC3CN(CCCF)C3)cc2F)N1C12CC([C@H](C)O)(C1)C2. The molecule has 3 atom stereocenters. The van der Waals surface area contributed by atoms with Gasteiger partial charge < -0.3 is 10.4 Å². The summed E-state index contributed by atoms with van der Waals surface area (Å²) in [5.41, 5.74) is 5.31. The van der Waals surface area contributed by atoms with Crippen LogP contribution in [-0.4, -0.2) is 64.9 Å². The number of alkyl halides is 1. The van der Waals surface area contributed by atoms with Crippen LogP contribution in [0.5, 0.6) is 0 Å². The van der Waals surface area contributed by atoms with E-state index in [1.54, 1.807) is 0 Å². The smallest absolute Gasteiger partial charge is 0.133 e. The zero-order chi connectivity index (χ0) is 27.1. The summed E-state index contributed by atoms with van der Waals surface area (Å²) in [6.45, 7) is 5.96. The third kappa shape index (κ3) is 3.83. The van der Waals surface area contributed by atoms with E-state index in [2.05, 4.69) is 40.2 Å². The molecular formula is C32H38F3N3O. The minimum Gasteiger partial charge on any atom is -0.393 e. The first-order valence-corrected chi connectivity index (χ1v) is 14.5. The maximum atomic E-state index is 16.1. The van der Waals surface area contributed by atoms with Gasteiger partial charge in [-0.3, -0.25) is 14.2 Å². The van der Waals surface area contributed by atoms with E-state index < -0.39 is 17.7 Å². The second-order valence-corrected chi connectivity index (χ2v) is 13.0. The van der Waals surface area contributed by atoms with Gasteiger partial charge in [-0.05, 0) is 86.8 Å². The van der Waals surface area contributed by atoms with Crippen LogP contribution in [0.2, 0.25) is 0 Å². The fourth-order valence-electron chi connectivity index (χ4n) is 8.65. The molecule has 2 heterocycles. The number of fused-ring (bicyclic) bond motifs is 2. The van der Waals surface area contributed by atoms with Crippen molar-refractivity contribution in [3.8, 4) is 0 Å². The van der Waals surface area contributed by atoms with Crippen LogP contribution in [0.3, 0.4) is 0 Å². The quantitative estimate of drug-likeness (QED) is 0.442. The first-order valence-electron chi connectivity index (χ1n) is 14.5. The third-order valence-corrected chi connectivity index (χ3v) is 10.5. The molecule has 1 saturated heterocycles. The Morgan fingerprint density at radius 3 is 2.46 bits per heavy atom. The predicted octanol–water partition coefficient (Wildman–Crippen LogP) is 5.87. The summed E-state index contributed by atoms with van der Waals surface area (Å²) in [6.07, 6.45) is 4.40. The molecule has 0 amide bonds. The molecule has 0 spiro atoms. The highest BCUT2D eigenvalue weighted by molar-refractivity contribution is 5.79. The molecule has 8 rings (SSSR count). The number of benzene rings is 2. The number of nitrogens with one attached hydrogen (secondary N) is 1. The lowest BCUT2D eigenvalue weighted by atomic mass is 9.36. The highest BCUT2D eigenvalue weighted by Gasteiger charge is 2.73. The molecule has 4 nitrogen and oxygen atoms in total. The summed E-state index contributed by atoms with van der Waals surface area (Å²) < 4.78 is 44.7. The Labute approximate surface area is 228 Å². The van der Waals surface area contributed by atoms with Gasteiger partial charge in [0.2, 0.25) is 0 Å². The molecule has 2 aromatic rings. The average molecular weight is 538 g/mol. The van der Waals surface area contributed by atoms with Gasteiger partial charge in [-0.25, -0.2) is 8.78 Å². The summed E-state index contributed by atoms with van der Waals surface area (Å²) in [5, 5.41) is 13.7. The van der Waals surface area contributed by atoms with Crippen LogP contribution in [0.25, 0.3) is 5.57 Å². The van der Waals surface area contributed by atoms with Crippen LogP contribution in [0.4, 0.5) is 18.9 Å². The van der Waals surface area contributed by atoms with Crippen molar-refractivity contribution < 1.29 is 18.3 Å². The van der Waals surface area contributed by atoms with Gasteiger partial charge in [-0.15, -0.1) is 0 Å². The molecule has 2 aromatic carbocycles. The van der Waals surface area contributed by atoms with E-state index in [1.807, 2.05) is 13.0 Å². The third-order valence-electron chi connectivity index (χ3n) is 10.5. The predicted molar refractivity (Wildman–Crippen MR) is 147 cm³/mol. The highest BCUT2D eigenvalue weighted by atomic mass is 19.1. The fourth-order valence-corrected chi connectivity index (χ4v) is 8.65. The Hall–Kier alpha value is -2.35. The van der Waals surface area contributed by atoms with E-state index >= 15 is 8.78 Å². The largest absolute Gasteiger partial charge is 0.393 e. The number of hydrogen-bond acceptors (Lipinski definition) is 4. The van der Waals surface area contributed by atoms with Crippen molar-refractivity contribution in [2.45, 2.75) is 82.1 Å². The van der Waals surface area contributed by atoms with Gasteiger partial charge >= 0.3 is 0 Å². The Balaban J connectivity index is 1.22. The molecule has 39 heavy (non-hydrogen) atoms. The standard InChI is InChI=1S/C32H38F3N3O/c1-19-10-25-24-7-4-3-6-21(24)11-26(25)30(38(19)32-16-31(17-32,18-32)20(2)39)29-27(34)12-22(13-28(29)35)36-23-14-37(15-23)9-5-8-33/h3-4,6-7,12-13,19-20,23,30,36,39H,5,8-11,14-18H2,1-2H3/t19-,20+,30+,31?,32?/m1/s1. The second-order valence-electron chi connectivity index (χ2n) is 13.0. The summed E-state index contributed by atoms with van der Waals surface area (Å²) in [6, 6.07) is 11.1. The zero-order valence-electron chi connectivity index (χ0n) is 22.8. The number of anilines is 1. The molecule has 3 saturated carbocycles. The number of nitrogens with zero attached hydrogens (tertiary/aromatic N) is 2. The lowest BCUT2D eigenvalue weighted by Gasteiger charge is -2.77. The van der Waals surface area contributed by atoms with Crippen LogP contribution in [0, 0.1) is 17.0 Å². The number of rotatable bonds is 8. The van der Waals surface area contributed by atoms with Crippen LogP contribution in [0.1, 0.15) is 68.7 Å². The Morgan fingerprint density at radius 2 is 1.79 bits per heavy atom. The van der Waals surface area contributed by atoms with E-state index in [1.165, 1.54) is 28.8 Å². The second kappa shape index (κ2) is 9.08. The minimum absolute atomic E-state index is 0.0384. The summed E-state index contributed by atoms with van der Waals surface area (Å²) in [4.78, 5) is 4.57. The van der Waals surface area contributed by atoms with Crippen LogP contribution in [-0.2, 0) is 6.42 Å². The lowest BCUT2D eigenvalue weighted by Crippen LogP contribution is -2.79. The summed E-state index contributed by atoms with van der Waals surface area (Å²) in [7, 11) is 0. The van der Waals surface area contributed by atoms with Crippen molar-refractivity contribution in [3.05, 3.63) is 70.3 Å². The van der Waals surface area contributed by atoms with E-state index in [0.717, 1.165) is 44.3 Å². The van der Waals surface area contributed by atoms with Crippen LogP contribution < -0.4 is 5.32 Å². The molecule has 0 aromatic heterocycles. The van der Waals surface area contributed by atoms with Gasteiger partial charge in [0, 0.05) is 47.9 Å². The maximum absolute atomic E-state index is 16.1. The lowest BCUT2D eigenvalue weighted by molar-refractivity contribution is -0.274. The van der Waals surface area contributed by atoms with Crippen molar-refractivity contribution in [2.24, 2.45) is 5.41 Å². The molecule has 7 heteroatoms. The average Bonchev–Trinajstić information content (AvgIpc) is 3.17. The van der Waals surface area contributed by atoms with Crippen molar-refractivity contribution >= 4 is 11.3 Å². The number of aliphatic hydroxyl groups is 1. The topological polar surface area (TPSA) is 38.7 Å². The minimum atomic E-state index is -0.505. The van der Waals surface area contributed by atoms with Gasteiger partial charge in [-0.1, -0.05) is 24.3 Å². The molecular weight excluding hydrogens is 499 g/mol. The maximum Gasteiger partial charge on any atom is 0.133 e. The van der Waals surface area contributed by atoms with Gasteiger partial charge in [0.15, 0.2) is 0 Å². The molecule has 0 unspecified atom stereocenters.